The van der Waals surface area contributed by atoms with Crippen molar-refractivity contribution in [2.45, 2.75) is 11.5 Å². The van der Waals surface area contributed by atoms with Crippen LogP contribution in [0.15, 0.2) is 51.8 Å². The highest BCUT2D eigenvalue weighted by Gasteiger charge is 2.18. The average molecular weight is 371 g/mol. The monoisotopic (exact) mass is 370 g/mol. The Balaban J connectivity index is 2.33. The number of hydrogen-bond acceptors (Lipinski definition) is 4. The van der Waals surface area contributed by atoms with Crippen LogP contribution in [-0.4, -0.2) is 15.5 Å². The standard InChI is InChI=1S/C14H15BrN2O3S/c1-20-9-10-3-2-4-12(7-10)17-21(18,19)14-8-11(15)5-6-13(14)16/h2-8,17H,9,16H2,1H3. The third kappa shape index (κ3) is 3.96. The molecule has 0 atom stereocenters. The van der Waals surface area contributed by atoms with E-state index in [1.165, 1.54) is 6.07 Å². The Morgan fingerprint density at radius 1 is 1.24 bits per heavy atom. The largest absolute Gasteiger partial charge is 0.398 e. The summed E-state index contributed by atoms with van der Waals surface area (Å²) < 4.78 is 33.0. The molecule has 0 aliphatic carbocycles. The molecule has 0 unspecified atom stereocenters. The van der Waals surface area contributed by atoms with Crippen molar-refractivity contribution in [1.29, 1.82) is 0 Å². The molecule has 0 radical (unpaired) electrons. The minimum absolute atomic E-state index is 0.0361. The zero-order chi connectivity index (χ0) is 15.5. The van der Waals surface area contributed by atoms with Crippen molar-refractivity contribution in [2.75, 3.05) is 17.6 Å². The van der Waals surface area contributed by atoms with Crippen molar-refractivity contribution >= 4 is 37.3 Å². The second-order valence-corrected chi connectivity index (χ2v) is 6.99. The van der Waals surface area contributed by atoms with Gasteiger partial charge in [0.15, 0.2) is 0 Å². The van der Waals surface area contributed by atoms with Crippen molar-refractivity contribution < 1.29 is 13.2 Å². The molecule has 7 heteroatoms. The fraction of sp³-hybridized carbons (Fsp3) is 0.143. The van der Waals surface area contributed by atoms with Crippen LogP contribution in [0.3, 0.4) is 0 Å². The van der Waals surface area contributed by atoms with E-state index in [1.54, 1.807) is 37.4 Å². The second-order valence-electron chi connectivity index (χ2n) is 4.42. The Kier molecular flexibility index (Phi) is 4.87. The van der Waals surface area contributed by atoms with Crippen molar-refractivity contribution in [2.24, 2.45) is 0 Å². The van der Waals surface area contributed by atoms with Crippen molar-refractivity contribution in [3.63, 3.8) is 0 Å². The van der Waals surface area contributed by atoms with Gasteiger partial charge in [0.1, 0.15) is 4.90 Å². The smallest absolute Gasteiger partial charge is 0.263 e. The molecule has 0 spiro atoms. The molecule has 2 aromatic rings. The molecule has 5 nitrogen and oxygen atoms in total. The van der Waals surface area contributed by atoms with Crippen molar-refractivity contribution in [3.8, 4) is 0 Å². The normalized spacial score (nSPS) is 11.3. The molecule has 0 amide bonds. The lowest BCUT2D eigenvalue weighted by Gasteiger charge is -2.11. The number of nitrogen functional groups attached to an aromatic ring is 1. The zero-order valence-electron chi connectivity index (χ0n) is 11.3. The summed E-state index contributed by atoms with van der Waals surface area (Å²) in [6.07, 6.45) is 0. The summed E-state index contributed by atoms with van der Waals surface area (Å²) in [4.78, 5) is 0.0361. The van der Waals surface area contributed by atoms with Gasteiger partial charge in [0, 0.05) is 17.3 Å². The molecule has 2 aromatic carbocycles. The van der Waals surface area contributed by atoms with E-state index in [0.717, 1.165) is 5.56 Å². The molecule has 3 N–H and O–H groups in total. The molecular formula is C14H15BrN2O3S. The van der Waals surface area contributed by atoms with Crippen LogP contribution in [0, 0.1) is 0 Å². The first-order valence-corrected chi connectivity index (χ1v) is 8.36. The topological polar surface area (TPSA) is 81.4 Å². The van der Waals surface area contributed by atoms with Gasteiger partial charge in [-0.1, -0.05) is 28.1 Å². The number of benzene rings is 2. The SMILES string of the molecule is COCc1cccc(NS(=O)(=O)c2cc(Br)ccc2N)c1. The molecule has 0 bridgehead atoms. The van der Waals surface area contributed by atoms with Gasteiger partial charge in [-0.15, -0.1) is 0 Å². The number of rotatable bonds is 5. The number of halogens is 1. The number of hydrogen-bond donors (Lipinski definition) is 2. The van der Waals surface area contributed by atoms with Gasteiger partial charge in [0.2, 0.25) is 0 Å². The molecule has 0 heterocycles. The first kappa shape index (κ1) is 15.8. The molecular weight excluding hydrogens is 356 g/mol. The summed E-state index contributed by atoms with van der Waals surface area (Å²) in [5.41, 5.74) is 7.28. The zero-order valence-corrected chi connectivity index (χ0v) is 13.7. The van der Waals surface area contributed by atoms with Gasteiger partial charge in [-0.05, 0) is 35.9 Å². The van der Waals surface area contributed by atoms with Crippen LogP contribution >= 0.6 is 15.9 Å². The van der Waals surface area contributed by atoms with Gasteiger partial charge >= 0.3 is 0 Å². The molecule has 0 fully saturated rings. The van der Waals surface area contributed by atoms with E-state index in [9.17, 15) is 8.42 Å². The van der Waals surface area contributed by atoms with Gasteiger partial charge in [-0.25, -0.2) is 8.42 Å². The molecule has 0 aromatic heterocycles. The van der Waals surface area contributed by atoms with Crippen LogP contribution in [0.4, 0.5) is 11.4 Å². The minimum atomic E-state index is -3.74. The molecule has 0 aliphatic rings. The van der Waals surface area contributed by atoms with Crippen LogP contribution < -0.4 is 10.5 Å². The summed E-state index contributed by atoms with van der Waals surface area (Å²) in [6, 6.07) is 11.7. The summed E-state index contributed by atoms with van der Waals surface area (Å²) >= 11 is 3.24. The van der Waals surface area contributed by atoms with Gasteiger partial charge in [0.25, 0.3) is 10.0 Å². The lowest BCUT2D eigenvalue weighted by atomic mass is 10.2. The van der Waals surface area contributed by atoms with E-state index >= 15 is 0 Å². The fourth-order valence-corrected chi connectivity index (χ4v) is 3.56. The summed E-state index contributed by atoms with van der Waals surface area (Å²) in [5.74, 6) is 0. The van der Waals surface area contributed by atoms with Crippen molar-refractivity contribution in [1.82, 2.24) is 0 Å². The third-order valence-corrected chi connectivity index (χ3v) is 4.69. The van der Waals surface area contributed by atoms with E-state index in [0.29, 0.717) is 16.8 Å². The number of anilines is 2. The summed E-state index contributed by atoms with van der Waals surface area (Å²) in [7, 11) is -2.16. The summed E-state index contributed by atoms with van der Waals surface area (Å²) in [5, 5.41) is 0. The molecule has 0 saturated carbocycles. The highest BCUT2D eigenvalue weighted by molar-refractivity contribution is 9.10. The van der Waals surface area contributed by atoms with E-state index in [4.69, 9.17) is 10.5 Å². The Morgan fingerprint density at radius 2 is 2.00 bits per heavy atom. The van der Waals surface area contributed by atoms with Crippen LogP contribution in [-0.2, 0) is 21.4 Å². The number of methoxy groups -OCH3 is 1. The summed E-state index contributed by atoms with van der Waals surface area (Å²) in [6.45, 7) is 0.411. The highest BCUT2D eigenvalue weighted by atomic mass is 79.9. The number of nitrogens with one attached hydrogen (secondary N) is 1. The van der Waals surface area contributed by atoms with Gasteiger partial charge < -0.3 is 10.5 Å². The maximum Gasteiger partial charge on any atom is 0.263 e. The Hall–Kier alpha value is -1.57. The molecule has 2 rings (SSSR count). The van der Waals surface area contributed by atoms with E-state index in [1.807, 2.05) is 6.07 Å². The number of nitrogens with two attached hydrogens (primary N) is 1. The minimum Gasteiger partial charge on any atom is -0.398 e. The molecule has 112 valence electrons. The lowest BCUT2D eigenvalue weighted by Crippen LogP contribution is -2.15. The average Bonchev–Trinajstić information content (AvgIpc) is 2.42. The fourth-order valence-electron chi connectivity index (χ4n) is 1.84. The van der Waals surface area contributed by atoms with E-state index in [-0.39, 0.29) is 10.6 Å². The van der Waals surface area contributed by atoms with E-state index < -0.39 is 10.0 Å². The molecule has 0 saturated heterocycles. The Labute approximate surface area is 132 Å². The number of ether oxygens (including phenoxy) is 1. The maximum atomic E-state index is 12.4. The molecule has 0 aliphatic heterocycles. The van der Waals surface area contributed by atoms with Crippen LogP contribution in [0.1, 0.15) is 5.56 Å². The molecule has 21 heavy (non-hydrogen) atoms. The lowest BCUT2D eigenvalue weighted by molar-refractivity contribution is 0.185. The Bertz CT molecular complexity index is 748. The van der Waals surface area contributed by atoms with Gasteiger partial charge in [0.05, 0.1) is 12.3 Å². The van der Waals surface area contributed by atoms with Gasteiger partial charge in [-0.3, -0.25) is 4.72 Å². The maximum absolute atomic E-state index is 12.4. The van der Waals surface area contributed by atoms with Gasteiger partial charge in [-0.2, -0.15) is 0 Å². The van der Waals surface area contributed by atoms with Crippen molar-refractivity contribution in [3.05, 3.63) is 52.5 Å². The predicted molar refractivity (Wildman–Crippen MR) is 86.5 cm³/mol. The first-order valence-electron chi connectivity index (χ1n) is 6.08. The predicted octanol–water partition coefficient (Wildman–Crippen LogP) is 2.98. The highest BCUT2D eigenvalue weighted by Crippen LogP contribution is 2.25. The second kappa shape index (κ2) is 6.46. The number of sulfonamides is 1. The van der Waals surface area contributed by atoms with Crippen LogP contribution in [0.25, 0.3) is 0 Å². The third-order valence-electron chi connectivity index (χ3n) is 2.76. The van der Waals surface area contributed by atoms with Crippen LogP contribution in [0.2, 0.25) is 0 Å². The Morgan fingerprint density at radius 3 is 2.71 bits per heavy atom. The van der Waals surface area contributed by atoms with E-state index in [2.05, 4.69) is 20.7 Å². The quantitative estimate of drug-likeness (QED) is 0.792. The first-order chi connectivity index (χ1) is 9.92. The van der Waals surface area contributed by atoms with Crippen LogP contribution in [0.5, 0.6) is 0 Å².